The topological polar surface area (TPSA) is 70.2 Å². The van der Waals surface area contributed by atoms with Gasteiger partial charge in [0.25, 0.3) is 0 Å². The molecule has 0 spiro atoms. The molecule has 1 saturated carbocycles. The first-order chi connectivity index (χ1) is 12.9. The Morgan fingerprint density at radius 1 is 1.26 bits per heavy atom. The van der Waals surface area contributed by atoms with E-state index < -0.39 is 0 Å². The van der Waals surface area contributed by atoms with Gasteiger partial charge in [0, 0.05) is 35.5 Å². The van der Waals surface area contributed by atoms with Crippen molar-refractivity contribution >= 4 is 23.4 Å². The molecule has 1 aliphatic carbocycles. The van der Waals surface area contributed by atoms with Gasteiger partial charge >= 0.3 is 0 Å². The fourth-order valence-corrected chi connectivity index (χ4v) is 4.29. The largest absolute Gasteiger partial charge is 0.352 e. The molecule has 148 valence electrons. The van der Waals surface area contributed by atoms with Crippen LogP contribution in [0.25, 0.3) is 0 Å². The van der Waals surface area contributed by atoms with Crippen molar-refractivity contribution in [2.24, 2.45) is 11.8 Å². The van der Waals surface area contributed by atoms with Gasteiger partial charge in [-0.15, -0.1) is 0 Å². The van der Waals surface area contributed by atoms with Gasteiger partial charge in [-0.3, -0.25) is 14.9 Å². The van der Waals surface area contributed by atoms with Crippen LogP contribution in [0.3, 0.4) is 0 Å². The lowest BCUT2D eigenvalue weighted by atomic mass is 9.81. The zero-order valence-electron chi connectivity index (χ0n) is 16.2. The highest BCUT2D eigenvalue weighted by atomic mass is 35.5. The Labute approximate surface area is 166 Å². The van der Waals surface area contributed by atoms with E-state index in [9.17, 15) is 9.59 Å². The lowest BCUT2D eigenvalue weighted by Crippen LogP contribution is -2.53. The van der Waals surface area contributed by atoms with Crippen molar-refractivity contribution in [3.05, 3.63) is 34.3 Å². The SMILES string of the molecule is CC(C)C(=O)NCc1ccc(Cl)c(C2NC(=O)CC(C3CCCCC3)N2)c1. The Kier molecular flexibility index (Phi) is 6.77. The summed E-state index contributed by atoms with van der Waals surface area (Å²) in [6.45, 7) is 4.19. The van der Waals surface area contributed by atoms with Crippen LogP contribution in [0.1, 0.15) is 69.7 Å². The smallest absolute Gasteiger partial charge is 0.223 e. The van der Waals surface area contributed by atoms with E-state index in [1.807, 2.05) is 32.0 Å². The van der Waals surface area contributed by atoms with Crippen molar-refractivity contribution in [2.75, 3.05) is 0 Å². The van der Waals surface area contributed by atoms with Gasteiger partial charge in [0.1, 0.15) is 6.17 Å². The Bertz CT molecular complexity index is 686. The standard InChI is InChI=1S/C21H30ClN3O2/c1-13(2)21(27)23-12-14-8-9-17(22)16(10-14)20-24-18(11-19(26)25-20)15-6-4-3-5-7-15/h8-10,13,15,18,20,24H,3-7,11-12H2,1-2H3,(H,23,27)(H,25,26). The highest BCUT2D eigenvalue weighted by Gasteiger charge is 2.33. The van der Waals surface area contributed by atoms with E-state index in [-0.39, 0.29) is 29.9 Å². The predicted octanol–water partition coefficient (Wildman–Crippen LogP) is 3.67. The Morgan fingerprint density at radius 2 is 2.00 bits per heavy atom. The van der Waals surface area contributed by atoms with Crippen molar-refractivity contribution in [3.63, 3.8) is 0 Å². The summed E-state index contributed by atoms with van der Waals surface area (Å²) in [4.78, 5) is 24.2. The fourth-order valence-electron chi connectivity index (χ4n) is 4.06. The number of hydrogen-bond donors (Lipinski definition) is 3. The molecule has 0 radical (unpaired) electrons. The van der Waals surface area contributed by atoms with Gasteiger partial charge in [-0.05, 0) is 36.5 Å². The number of rotatable bonds is 5. The average Bonchev–Trinajstić information content (AvgIpc) is 2.67. The van der Waals surface area contributed by atoms with Crippen molar-refractivity contribution in [3.8, 4) is 0 Å². The second-order valence-electron chi connectivity index (χ2n) is 8.10. The summed E-state index contributed by atoms with van der Waals surface area (Å²) in [6.07, 6.45) is 6.42. The fraction of sp³-hybridized carbons (Fsp3) is 0.619. The van der Waals surface area contributed by atoms with Gasteiger partial charge in [0.05, 0.1) is 0 Å². The molecule has 2 unspecified atom stereocenters. The molecule has 2 amide bonds. The number of hydrogen-bond acceptors (Lipinski definition) is 3. The molecule has 27 heavy (non-hydrogen) atoms. The first kappa shape index (κ1) is 20.2. The highest BCUT2D eigenvalue weighted by Crippen LogP contribution is 2.32. The van der Waals surface area contributed by atoms with Crippen LogP contribution in [0.15, 0.2) is 18.2 Å². The Hall–Kier alpha value is -1.59. The molecule has 1 aromatic rings. The van der Waals surface area contributed by atoms with E-state index in [0.717, 1.165) is 11.1 Å². The van der Waals surface area contributed by atoms with Crippen LogP contribution in [0.2, 0.25) is 5.02 Å². The third-order valence-corrected chi connectivity index (χ3v) is 6.02. The summed E-state index contributed by atoms with van der Waals surface area (Å²) in [5.74, 6) is 0.601. The maximum absolute atomic E-state index is 12.3. The minimum atomic E-state index is -0.286. The molecule has 1 heterocycles. The third-order valence-electron chi connectivity index (χ3n) is 5.67. The number of benzene rings is 1. The van der Waals surface area contributed by atoms with E-state index in [2.05, 4.69) is 16.0 Å². The first-order valence-corrected chi connectivity index (χ1v) is 10.4. The van der Waals surface area contributed by atoms with Crippen LogP contribution in [0.5, 0.6) is 0 Å². The van der Waals surface area contributed by atoms with Crippen LogP contribution in [0, 0.1) is 11.8 Å². The van der Waals surface area contributed by atoms with Gasteiger partial charge < -0.3 is 10.6 Å². The van der Waals surface area contributed by atoms with Crippen LogP contribution < -0.4 is 16.0 Å². The molecule has 1 saturated heterocycles. The molecular formula is C21H30ClN3O2. The second kappa shape index (κ2) is 9.07. The number of carbonyl (C=O) groups is 2. The zero-order chi connectivity index (χ0) is 19.4. The van der Waals surface area contributed by atoms with Crippen LogP contribution >= 0.6 is 11.6 Å². The predicted molar refractivity (Wildman–Crippen MR) is 107 cm³/mol. The summed E-state index contributed by atoms with van der Waals surface area (Å²) < 4.78 is 0. The lowest BCUT2D eigenvalue weighted by molar-refractivity contribution is -0.125. The lowest BCUT2D eigenvalue weighted by Gasteiger charge is -2.38. The number of carbonyl (C=O) groups excluding carboxylic acids is 2. The molecule has 0 bridgehead atoms. The van der Waals surface area contributed by atoms with E-state index >= 15 is 0 Å². The molecule has 0 aromatic heterocycles. The molecule has 3 rings (SSSR count). The number of halogens is 1. The molecule has 2 atom stereocenters. The van der Waals surface area contributed by atoms with Crippen LogP contribution in [-0.2, 0) is 16.1 Å². The van der Waals surface area contributed by atoms with Crippen LogP contribution in [0.4, 0.5) is 0 Å². The summed E-state index contributed by atoms with van der Waals surface area (Å²) in [7, 11) is 0. The maximum atomic E-state index is 12.3. The van der Waals surface area contributed by atoms with E-state index in [1.165, 1.54) is 32.1 Å². The summed E-state index contributed by atoms with van der Waals surface area (Å²) in [6, 6.07) is 5.93. The van der Waals surface area contributed by atoms with Gasteiger partial charge in [-0.2, -0.15) is 0 Å². The normalized spacial score (nSPS) is 23.9. The van der Waals surface area contributed by atoms with Gasteiger partial charge in [-0.25, -0.2) is 0 Å². The van der Waals surface area contributed by atoms with E-state index in [1.54, 1.807) is 0 Å². The molecule has 1 aromatic carbocycles. The van der Waals surface area contributed by atoms with E-state index in [0.29, 0.717) is 23.9 Å². The molecule has 1 aliphatic heterocycles. The van der Waals surface area contributed by atoms with Crippen molar-refractivity contribution in [1.82, 2.24) is 16.0 Å². The number of amides is 2. The van der Waals surface area contributed by atoms with Gasteiger partial charge in [-0.1, -0.05) is 50.8 Å². The summed E-state index contributed by atoms with van der Waals surface area (Å²) in [5, 5.41) is 10.2. The Morgan fingerprint density at radius 3 is 2.70 bits per heavy atom. The maximum Gasteiger partial charge on any atom is 0.223 e. The zero-order valence-corrected chi connectivity index (χ0v) is 16.9. The first-order valence-electron chi connectivity index (χ1n) is 10.1. The van der Waals surface area contributed by atoms with Crippen molar-refractivity contribution < 1.29 is 9.59 Å². The Balaban J connectivity index is 1.72. The monoisotopic (exact) mass is 391 g/mol. The summed E-state index contributed by atoms with van der Waals surface area (Å²) >= 11 is 6.45. The average molecular weight is 392 g/mol. The highest BCUT2D eigenvalue weighted by molar-refractivity contribution is 6.31. The minimum absolute atomic E-state index is 0.0213. The molecule has 3 N–H and O–H groups in total. The molecule has 2 fully saturated rings. The van der Waals surface area contributed by atoms with Gasteiger partial charge in [0.2, 0.25) is 11.8 Å². The molecule has 2 aliphatic rings. The number of nitrogens with one attached hydrogen (secondary N) is 3. The van der Waals surface area contributed by atoms with E-state index in [4.69, 9.17) is 11.6 Å². The second-order valence-corrected chi connectivity index (χ2v) is 8.51. The van der Waals surface area contributed by atoms with Gasteiger partial charge in [0.15, 0.2) is 0 Å². The summed E-state index contributed by atoms with van der Waals surface area (Å²) in [5.41, 5.74) is 1.83. The molecule has 6 heteroatoms. The minimum Gasteiger partial charge on any atom is -0.352 e. The van der Waals surface area contributed by atoms with Crippen molar-refractivity contribution in [2.45, 2.75) is 71.1 Å². The third kappa shape index (κ3) is 5.23. The quantitative estimate of drug-likeness (QED) is 0.717. The van der Waals surface area contributed by atoms with Crippen LogP contribution in [-0.4, -0.2) is 17.9 Å². The molecular weight excluding hydrogens is 362 g/mol. The van der Waals surface area contributed by atoms with Crippen molar-refractivity contribution in [1.29, 1.82) is 0 Å². The molecule has 5 nitrogen and oxygen atoms in total.